The summed E-state index contributed by atoms with van der Waals surface area (Å²) < 4.78 is 0. The van der Waals surface area contributed by atoms with Gasteiger partial charge < -0.3 is 0 Å². The molecule has 0 saturated heterocycles. The molecule has 10 heavy (non-hydrogen) atoms. The first kappa shape index (κ1) is 8.94. The van der Waals surface area contributed by atoms with Crippen LogP contribution in [0.1, 0.15) is 13.8 Å². The smallest absolute Gasteiger partial charge is 0.186 e. The molecule has 0 spiro atoms. The van der Waals surface area contributed by atoms with Crippen LogP contribution < -0.4 is 0 Å². The maximum atomic E-state index is 8.44. The van der Waals surface area contributed by atoms with E-state index in [0.717, 1.165) is 13.1 Å². The molecule has 0 radical (unpaired) electrons. The van der Waals surface area contributed by atoms with E-state index >= 15 is 0 Å². The predicted octanol–water partition coefficient (Wildman–Crippen LogP) is 0.744. The zero-order valence-corrected chi connectivity index (χ0v) is 6.33. The molecule has 0 amide bonds. The maximum Gasteiger partial charge on any atom is 0.186 e. The van der Waals surface area contributed by atoms with Gasteiger partial charge in [0.05, 0.1) is 12.1 Å². The molecule has 0 fully saturated rings. The van der Waals surface area contributed by atoms with E-state index in [1.54, 1.807) is 4.90 Å². The summed E-state index contributed by atoms with van der Waals surface area (Å²) in [5, 5.41) is 16.9. The highest BCUT2D eigenvalue weighted by atomic mass is 15.1. The van der Waals surface area contributed by atoms with Gasteiger partial charge in [-0.25, -0.2) is 0 Å². The summed E-state index contributed by atoms with van der Waals surface area (Å²) in [7, 11) is 0. The lowest BCUT2D eigenvalue weighted by molar-refractivity contribution is 0.298. The number of nitrogens with zero attached hydrogens (tertiary/aromatic N) is 3. The van der Waals surface area contributed by atoms with Gasteiger partial charge in [0.15, 0.2) is 6.04 Å². The fourth-order valence-electron chi connectivity index (χ4n) is 0.781. The van der Waals surface area contributed by atoms with Crippen LogP contribution in [-0.4, -0.2) is 24.0 Å². The average molecular weight is 137 g/mol. The lowest BCUT2D eigenvalue weighted by Crippen LogP contribution is -2.32. The van der Waals surface area contributed by atoms with Crippen LogP contribution in [0.25, 0.3) is 0 Å². The van der Waals surface area contributed by atoms with Gasteiger partial charge in [0, 0.05) is 0 Å². The topological polar surface area (TPSA) is 50.8 Å². The molecule has 0 atom stereocenters. The molecule has 0 rings (SSSR count). The standard InChI is InChI=1S/C7H11N3/c1-3-10(4-2)7(5-8)6-9/h7H,3-4H2,1-2H3. The summed E-state index contributed by atoms with van der Waals surface area (Å²) >= 11 is 0. The van der Waals surface area contributed by atoms with Crippen LogP contribution >= 0.6 is 0 Å². The molecule has 3 nitrogen and oxygen atoms in total. The van der Waals surface area contributed by atoms with Gasteiger partial charge in [0.2, 0.25) is 0 Å². The first-order valence-corrected chi connectivity index (χ1v) is 3.33. The normalized spacial score (nSPS) is 9.40. The molecule has 0 heterocycles. The Balaban J connectivity index is 4.02. The van der Waals surface area contributed by atoms with E-state index in [2.05, 4.69) is 0 Å². The summed E-state index contributed by atoms with van der Waals surface area (Å²) in [6, 6.07) is 3.26. The van der Waals surface area contributed by atoms with Crippen LogP contribution in [0.15, 0.2) is 0 Å². The Bertz CT molecular complexity index is 145. The van der Waals surface area contributed by atoms with Crippen LogP contribution in [-0.2, 0) is 0 Å². The minimum absolute atomic E-state index is 0.574. The molecule has 54 valence electrons. The van der Waals surface area contributed by atoms with Crippen LogP contribution in [0.5, 0.6) is 0 Å². The lowest BCUT2D eigenvalue weighted by Gasteiger charge is -2.17. The van der Waals surface area contributed by atoms with E-state index in [-0.39, 0.29) is 0 Å². The Hall–Kier alpha value is -1.06. The summed E-state index contributed by atoms with van der Waals surface area (Å²) in [4.78, 5) is 1.81. The Morgan fingerprint density at radius 3 is 1.70 bits per heavy atom. The minimum atomic E-state index is -0.574. The largest absolute Gasteiger partial charge is 0.277 e. The van der Waals surface area contributed by atoms with Gasteiger partial charge in [0.1, 0.15) is 0 Å². The van der Waals surface area contributed by atoms with Crippen LogP contribution in [0, 0.1) is 22.7 Å². The highest BCUT2D eigenvalue weighted by Crippen LogP contribution is 1.94. The summed E-state index contributed by atoms with van der Waals surface area (Å²) in [5.41, 5.74) is 0. The zero-order valence-electron chi connectivity index (χ0n) is 6.33. The molecule has 0 unspecified atom stereocenters. The van der Waals surface area contributed by atoms with Gasteiger partial charge in [-0.15, -0.1) is 0 Å². The second kappa shape index (κ2) is 4.78. The molecular formula is C7H11N3. The second-order valence-electron chi connectivity index (χ2n) is 1.88. The summed E-state index contributed by atoms with van der Waals surface area (Å²) in [6.07, 6.45) is 0. The Morgan fingerprint density at radius 1 is 1.20 bits per heavy atom. The molecular weight excluding hydrogens is 126 g/mol. The molecule has 0 aromatic carbocycles. The predicted molar refractivity (Wildman–Crippen MR) is 37.9 cm³/mol. The third-order valence-electron chi connectivity index (χ3n) is 1.42. The fourth-order valence-corrected chi connectivity index (χ4v) is 0.781. The first-order chi connectivity index (χ1) is 4.79. The van der Waals surface area contributed by atoms with Gasteiger partial charge in [-0.3, -0.25) is 4.90 Å². The number of nitriles is 2. The van der Waals surface area contributed by atoms with Gasteiger partial charge in [0.25, 0.3) is 0 Å². The SMILES string of the molecule is CCN(CC)C(C#N)C#N. The van der Waals surface area contributed by atoms with E-state index in [0.29, 0.717) is 0 Å². The molecule has 0 aromatic rings. The van der Waals surface area contributed by atoms with Crippen molar-refractivity contribution in [3.8, 4) is 12.1 Å². The number of rotatable bonds is 3. The molecule has 0 aliphatic carbocycles. The lowest BCUT2D eigenvalue weighted by atomic mass is 10.3. The Kier molecular flexibility index (Phi) is 4.28. The van der Waals surface area contributed by atoms with E-state index in [4.69, 9.17) is 10.5 Å². The van der Waals surface area contributed by atoms with Gasteiger partial charge >= 0.3 is 0 Å². The third-order valence-corrected chi connectivity index (χ3v) is 1.42. The highest BCUT2D eigenvalue weighted by molar-refractivity contribution is 5.06. The van der Waals surface area contributed by atoms with Crippen molar-refractivity contribution in [3.05, 3.63) is 0 Å². The van der Waals surface area contributed by atoms with Crippen LogP contribution in [0.2, 0.25) is 0 Å². The molecule has 0 aromatic heterocycles. The average Bonchev–Trinajstić information content (AvgIpc) is 2.00. The molecule has 3 heteroatoms. The van der Waals surface area contributed by atoms with E-state index in [9.17, 15) is 0 Å². The van der Waals surface area contributed by atoms with E-state index in [1.165, 1.54) is 0 Å². The molecule has 0 bridgehead atoms. The van der Waals surface area contributed by atoms with E-state index < -0.39 is 6.04 Å². The molecule has 0 aliphatic rings. The van der Waals surface area contributed by atoms with Crippen LogP contribution in [0.4, 0.5) is 0 Å². The van der Waals surface area contributed by atoms with Crippen molar-refractivity contribution in [2.75, 3.05) is 13.1 Å². The second-order valence-corrected chi connectivity index (χ2v) is 1.88. The quantitative estimate of drug-likeness (QED) is 0.576. The van der Waals surface area contributed by atoms with Gasteiger partial charge in [-0.05, 0) is 13.1 Å². The van der Waals surface area contributed by atoms with Crippen molar-refractivity contribution in [2.45, 2.75) is 19.9 Å². The zero-order chi connectivity index (χ0) is 7.98. The van der Waals surface area contributed by atoms with Crippen LogP contribution in [0.3, 0.4) is 0 Å². The molecule has 0 N–H and O–H groups in total. The molecule has 0 saturated carbocycles. The van der Waals surface area contributed by atoms with Gasteiger partial charge in [-0.1, -0.05) is 13.8 Å². The van der Waals surface area contributed by atoms with Crippen molar-refractivity contribution in [3.63, 3.8) is 0 Å². The van der Waals surface area contributed by atoms with Gasteiger partial charge in [-0.2, -0.15) is 10.5 Å². The number of hydrogen-bond donors (Lipinski definition) is 0. The minimum Gasteiger partial charge on any atom is -0.277 e. The number of hydrogen-bond acceptors (Lipinski definition) is 3. The van der Waals surface area contributed by atoms with Crippen molar-refractivity contribution in [1.82, 2.24) is 4.90 Å². The first-order valence-electron chi connectivity index (χ1n) is 3.33. The Labute approximate surface area is 61.5 Å². The van der Waals surface area contributed by atoms with Crippen molar-refractivity contribution in [2.24, 2.45) is 0 Å². The Morgan fingerprint density at radius 2 is 1.60 bits per heavy atom. The van der Waals surface area contributed by atoms with Crippen molar-refractivity contribution < 1.29 is 0 Å². The molecule has 0 aliphatic heterocycles. The summed E-state index contributed by atoms with van der Waals surface area (Å²) in [5.74, 6) is 0. The summed E-state index contributed by atoms with van der Waals surface area (Å²) in [6.45, 7) is 5.38. The maximum absolute atomic E-state index is 8.44. The van der Waals surface area contributed by atoms with Crippen molar-refractivity contribution in [1.29, 1.82) is 10.5 Å². The van der Waals surface area contributed by atoms with E-state index in [1.807, 2.05) is 26.0 Å². The third kappa shape index (κ3) is 2.05. The monoisotopic (exact) mass is 137 g/mol. The highest BCUT2D eigenvalue weighted by Gasteiger charge is 2.11. The fraction of sp³-hybridized carbons (Fsp3) is 0.714. The van der Waals surface area contributed by atoms with Crippen molar-refractivity contribution >= 4 is 0 Å².